The minimum atomic E-state index is -3.62. The molecule has 0 spiro atoms. The summed E-state index contributed by atoms with van der Waals surface area (Å²) >= 11 is 3.07. The summed E-state index contributed by atoms with van der Waals surface area (Å²) in [7, 11) is -3.62. The van der Waals surface area contributed by atoms with Gasteiger partial charge in [-0.15, -0.1) is 0 Å². The minimum absolute atomic E-state index is 0.0292. The Bertz CT molecular complexity index is 631. The number of carboxylic acids is 1. The highest BCUT2D eigenvalue weighted by Gasteiger charge is 2.22. The van der Waals surface area contributed by atoms with E-state index in [1.807, 2.05) is 12.2 Å². The van der Waals surface area contributed by atoms with Crippen LogP contribution in [0.3, 0.4) is 0 Å². The van der Waals surface area contributed by atoms with E-state index in [0.29, 0.717) is 12.8 Å². The summed E-state index contributed by atoms with van der Waals surface area (Å²) < 4.78 is 27.1. The van der Waals surface area contributed by atoms with Gasteiger partial charge in [0.25, 0.3) is 0 Å². The van der Waals surface area contributed by atoms with E-state index in [1.165, 1.54) is 18.2 Å². The zero-order valence-corrected chi connectivity index (χ0v) is 12.2. The van der Waals surface area contributed by atoms with Crippen LogP contribution in [-0.2, 0) is 10.0 Å². The quantitative estimate of drug-likeness (QED) is 0.819. The fraction of sp³-hybridized carbons (Fsp3) is 0.250. The first-order valence-corrected chi connectivity index (χ1v) is 7.88. The monoisotopic (exact) mass is 345 g/mol. The van der Waals surface area contributed by atoms with E-state index in [-0.39, 0.29) is 21.0 Å². The molecule has 2 N–H and O–H groups in total. The van der Waals surface area contributed by atoms with Gasteiger partial charge in [-0.05, 0) is 47.0 Å². The molecule has 0 aromatic heterocycles. The van der Waals surface area contributed by atoms with Gasteiger partial charge in [-0.1, -0.05) is 12.2 Å². The first kappa shape index (κ1) is 14.2. The number of carbonyl (C=O) groups is 1. The van der Waals surface area contributed by atoms with Crippen LogP contribution in [0.15, 0.2) is 39.7 Å². The predicted octanol–water partition coefficient (Wildman–Crippen LogP) is 2.14. The molecule has 0 atom stereocenters. The predicted molar refractivity (Wildman–Crippen MR) is 73.6 cm³/mol. The normalized spacial score (nSPS) is 15.8. The van der Waals surface area contributed by atoms with Crippen molar-refractivity contribution < 1.29 is 18.3 Å². The summed E-state index contributed by atoms with van der Waals surface area (Å²) in [5.41, 5.74) is 0.0292. The first-order chi connectivity index (χ1) is 8.90. The molecule has 102 valence electrons. The smallest absolute Gasteiger partial charge is 0.336 e. The lowest BCUT2D eigenvalue weighted by Gasteiger charge is -2.13. The van der Waals surface area contributed by atoms with Crippen molar-refractivity contribution in [3.8, 4) is 0 Å². The zero-order chi connectivity index (χ0) is 14.0. The summed E-state index contributed by atoms with van der Waals surface area (Å²) in [5.74, 6) is -1.11. The van der Waals surface area contributed by atoms with Gasteiger partial charge in [-0.2, -0.15) is 0 Å². The molecular formula is C12H12BrNO4S. The van der Waals surface area contributed by atoms with Crippen LogP contribution in [0.4, 0.5) is 0 Å². The lowest BCUT2D eigenvalue weighted by Crippen LogP contribution is -2.32. The molecule has 0 unspecified atom stereocenters. The fourth-order valence-electron chi connectivity index (χ4n) is 1.84. The van der Waals surface area contributed by atoms with Crippen LogP contribution in [-0.4, -0.2) is 25.5 Å². The Hall–Kier alpha value is -1.18. The molecule has 7 heteroatoms. The Kier molecular flexibility index (Phi) is 4.07. The largest absolute Gasteiger partial charge is 0.478 e. The van der Waals surface area contributed by atoms with Crippen molar-refractivity contribution in [2.24, 2.45) is 0 Å². The standard InChI is InChI=1S/C12H12BrNO4S/c13-11-7-9(5-6-10(11)12(15)16)19(17,18)14-8-3-1-2-4-8/h1-2,5-8,14H,3-4H2,(H,15,16). The van der Waals surface area contributed by atoms with E-state index in [4.69, 9.17) is 5.11 Å². The molecule has 0 aliphatic heterocycles. The Morgan fingerprint density at radius 2 is 1.95 bits per heavy atom. The Balaban J connectivity index is 2.25. The van der Waals surface area contributed by atoms with Crippen molar-refractivity contribution in [3.63, 3.8) is 0 Å². The van der Waals surface area contributed by atoms with Gasteiger partial charge in [0.05, 0.1) is 10.5 Å². The lowest BCUT2D eigenvalue weighted by atomic mass is 10.2. The van der Waals surface area contributed by atoms with Crippen molar-refractivity contribution >= 4 is 31.9 Å². The number of halogens is 1. The van der Waals surface area contributed by atoms with Crippen LogP contribution in [0.1, 0.15) is 23.2 Å². The number of carboxylic acid groups (broad SMARTS) is 1. The average molecular weight is 346 g/mol. The number of sulfonamides is 1. The van der Waals surface area contributed by atoms with E-state index in [9.17, 15) is 13.2 Å². The SMILES string of the molecule is O=C(O)c1ccc(S(=O)(=O)NC2CC=CC2)cc1Br. The fourth-order valence-corrected chi connectivity index (χ4v) is 3.82. The first-order valence-electron chi connectivity index (χ1n) is 5.60. The van der Waals surface area contributed by atoms with Crippen LogP contribution < -0.4 is 4.72 Å². The van der Waals surface area contributed by atoms with E-state index >= 15 is 0 Å². The molecule has 1 aliphatic rings. The second-order valence-electron chi connectivity index (χ2n) is 4.21. The van der Waals surface area contributed by atoms with E-state index in [2.05, 4.69) is 20.7 Å². The number of nitrogens with one attached hydrogen (secondary N) is 1. The molecule has 1 aromatic rings. The molecule has 0 amide bonds. The average Bonchev–Trinajstić information content (AvgIpc) is 2.80. The van der Waals surface area contributed by atoms with Gasteiger partial charge < -0.3 is 5.11 Å². The molecular weight excluding hydrogens is 334 g/mol. The molecule has 0 fully saturated rings. The number of rotatable bonds is 4. The van der Waals surface area contributed by atoms with Crippen LogP contribution in [0, 0.1) is 0 Å². The minimum Gasteiger partial charge on any atom is -0.478 e. The highest BCUT2D eigenvalue weighted by atomic mass is 79.9. The topological polar surface area (TPSA) is 83.5 Å². The molecule has 0 heterocycles. The maximum Gasteiger partial charge on any atom is 0.336 e. The van der Waals surface area contributed by atoms with E-state index in [0.717, 1.165) is 0 Å². The number of benzene rings is 1. The maximum absolute atomic E-state index is 12.1. The van der Waals surface area contributed by atoms with Crippen LogP contribution >= 0.6 is 15.9 Å². The van der Waals surface area contributed by atoms with Gasteiger partial charge in [-0.3, -0.25) is 0 Å². The van der Waals surface area contributed by atoms with Crippen molar-refractivity contribution in [1.82, 2.24) is 4.72 Å². The Morgan fingerprint density at radius 3 is 2.47 bits per heavy atom. The third-order valence-corrected chi connectivity index (χ3v) is 4.99. The number of aromatic carboxylic acids is 1. The van der Waals surface area contributed by atoms with E-state index in [1.54, 1.807) is 0 Å². The number of hydrogen-bond acceptors (Lipinski definition) is 3. The van der Waals surface area contributed by atoms with Gasteiger partial charge >= 0.3 is 5.97 Å². The van der Waals surface area contributed by atoms with Gasteiger partial charge in [0.15, 0.2) is 0 Å². The van der Waals surface area contributed by atoms with Crippen LogP contribution in [0.2, 0.25) is 0 Å². The maximum atomic E-state index is 12.1. The number of hydrogen-bond donors (Lipinski definition) is 2. The molecule has 2 rings (SSSR count). The molecule has 1 aliphatic carbocycles. The third kappa shape index (κ3) is 3.23. The van der Waals surface area contributed by atoms with Crippen molar-refractivity contribution in [1.29, 1.82) is 0 Å². The Morgan fingerprint density at radius 1 is 1.32 bits per heavy atom. The summed E-state index contributed by atoms with van der Waals surface area (Å²) in [6.45, 7) is 0. The molecule has 1 aromatic carbocycles. The molecule has 0 radical (unpaired) electrons. The molecule has 0 saturated heterocycles. The van der Waals surface area contributed by atoms with Crippen molar-refractivity contribution in [2.45, 2.75) is 23.8 Å². The zero-order valence-electron chi connectivity index (χ0n) is 9.84. The summed E-state index contributed by atoms with van der Waals surface area (Å²) in [6, 6.07) is 3.74. The van der Waals surface area contributed by atoms with E-state index < -0.39 is 16.0 Å². The van der Waals surface area contributed by atoms with Gasteiger partial charge in [0, 0.05) is 10.5 Å². The van der Waals surface area contributed by atoms with Crippen molar-refractivity contribution in [2.75, 3.05) is 0 Å². The van der Waals surface area contributed by atoms with Crippen molar-refractivity contribution in [3.05, 3.63) is 40.4 Å². The van der Waals surface area contributed by atoms with Gasteiger partial charge in [-0.25, -0.2) is 17.9 Å². The van der Waals surface area contributed by atoms with Gasteiger partial charge in [0.2, 0.25) is 10.0 Å². The molecule has 0 saturated carbocycles. The summed E-state index contributed by atoms with van der Waals surface area (Å²) in [5, 5.41) is 8.89. The molecule has 0 bridgehead atoms. The molecule has 5 nitrogen and oxygen atoms in total. The Labute approximate surface area is 119 Å². The second kappa shape index (κ2) is 5.44. The lowest BCUT2D eigenvalue weighted by molar-refractivity contribution is 0.0695. The summed E-state index contributed by atoms with van der Waals surface area (Å²) in [4.78, 5) is 10.9. The van der Waals surface area contributed by atoms with Gasteiger partial charge in [0.1, 0.15) is 0 Å². The summed E-state index contributed by atoms with van der Waals surface area (Å²) in [6.07, 6.45) is 5.20. The third-order valence-electron chi connectivity index (χ3n) is 2.81. The second-order valence-corrected chi connectivity index (χ2v) is 6.78. The van der Waals surface area contributed by atoms with Crippen LogP contribution in [0.25, 0.3) is 0 Å². The highest BCUT2D eigenvalue weighted by molar-refractivity contribution is 9.10. The molecule has 19 heavy (non-hydrogen) atoms. The highest BCUT2D eigenvalue weighted by Crippen LogP contribution is 2.22. The van der Waals surface area contributed by atoms with Crippen LogP contribution in [0.5, 0.6) is 0 Å².